The van der Waals surface area contributed by atoms with Crippen LogP contribution < -0.4 is 10.6 Å². The zero-order valence-corrected chi connectivity index (χ0v) is 35.9. The molecule has 440 valence electrons. The van der Waals surface area contributed by atoms with Crippen molar-refractivity contribution in [3.05, 3.63) is 69.8 Å². The Hall–Kier alpha value is -6.70. The van der Waals surface area contributed by atoms with E-state index in [9.17, 15) is 116 Å². The van der Waals surface area contributed by atoms with Crippen LogP contribution in [-0.4, -0.2) is 107 Å². The molecule has 0 spiro atoms. The van der Waals surface area contributed by atoms with Crippen molar-refractivity contribution in [2.75, 3.05) is 0 Å². The maximum atomic E-state index is 16.7. The van der Waals surface area contributed by atoms with Gasteiger partial charge in [0.25, 0.3) is 23.6 Å². The molecule has 5 aromatic rings. The van der Waals surface area contributed by atoms with Gasteiger partial charge in [0.15, 0.2) is 0 Å². The van der Waals surface area contributed by atoms with Gasteiger partial charge in [-0.05, 0) is 45.8 Å². The third-order valence-corrected chi connectivity index (χ3v) is 12.7. The van der Waals surface area contributed by atoms with E-state index in [1.165, 1.54) is 0 Å². The van der Waals surface area contributed by atoms with Crippen LogP contribution in [0, 0.1) is 0 Å². The summed E-state index contributed by atoms with van der Waals surface area (Å²) in [6, 6.07) is -2.61. The Morgan fingerprint density at radius 3 is 0.688 bits per heavy atom. The third-order valence-electron chi connectivity index (χ3n) is 12.7. The number of fused-ring (bicyclic) bond motifs is 2. The first-order chi connectivity index (χ1) is 35.3. The lowest BCUT2D eigenvalue weighted by Crippen LogP contribution is -2.74. The van der Waals surface area contributed by atoms with E-state index in [1.807, 2.05) is 0 Å². The van der Waals surface area contributed by atoms with Crippen molar-refractivity contribution < 1.29 is 168 Å². The second-order valence-corrected chi connectivity index (χ2v) is 17.1. The fourth-order valence-corrected chi connectivity index (χ4v) is 8.48. The molecule has 2 aliphatic rings. The van der Waals surface area contributed by atoms with Crippen molar-refractivity contribution in [1.29, 1.82) is 0 Å². The molecule has 0 atom stereocenters. The van der Waals surface area contributed by atoms with Crippen molar-refractivity contribution in [3.8, 4) is 0 Å². The normalized spacial score (nSPS) is 16.9. The molecule has 6 nitrogen and oxygen atoms in total. The Morgan fingerprint density at radius 2 is 0.450 bits per heavy atom. The van der Waals surface area contributed by atoms with Gasteiger partial charge in [0, 0.05) is 54.9 Å². The van der Waals surface area contributed by atoms with Crippen molar-refractivity contribution in [1.82, 2.24) is 10.6 Å². The lowest BCUT2D eigenvalue weighted by atomic mass is 9.76. The molecule has 0 aromatic heterocycles. The smallest absolute Gasteiger partial charge is 0.288 e. The lowest BCUT2D eigenvalue weighted by molar-refractivity contribution is -0.462. The number of hydrogen-bond acceptors (Lipinski definition) is 4. The minimum absolute atomic E-state index is 0.00255. The molecule has 5 aromatic carbocycles. The largest absolute Gasteiger partial charge is 0.460 e. The highest BCUT2D eigenvalue weighted by molar-refractivity contribution is 6.42. The van der Waals surface area contributed by atoms with Gasteiger partial charge in [-0.1, -0.05) is 12.1 Å². The van der Waals surface area contributed by atoms with E-state index in [4.69, 9.17) is 0 Å². The maximum absolute atomic E-state index is 16.7. The molecule has 40 heteroatoms. The highest BCUT2D eigenvalue weighted by Crippen LogP contribution is 2.69. The Balaban J connectivity index is 1.65. The molecule has 7 rings (SSSR count). The van der Waals surface area contributed by atoms with Crippen molar-refractivity contribution in [2.24, 2.45) is 0 Å². The molecule has 0 saturated heterocycles. The van der Waals surface area contributed by atoms with E-state index < -0.39 is 207 Å². The number of carbonyl (C=O) groups is 4. The van der Waals surface area contributed by atoms with Gasteiger partial charge in [0.1, 0.15) is 0 Å². The van der Waals surface area contributed by atoms with Crippen LogP contribution in [0.2, 0.25) is 0 Å². The number of nitrogens with one attached hydrogen (secondary N) is 2. The molecule has 2 N–H and O–H groups in total. The predicted molar refractivity (Wildman–Crippen MR) is 191 cm³/mol. The first-order valence-electron chi connectivity index (χ1n) is 19.7. The number of amides is 4. The van der Waals surface area contributed by atoms with Gasteiger partial charge in [0.05, 0.1) is 0 Å². The molecular weight excluding hydrogens is 1220 g/mol. The predicted octanol–water partition coefficient (Wildman–Crippen LogP) is 14.4. The van der Waals surface area contributed by atoms with Crippen molar-refractivity contribution in [3.63, 3.8) is 0 Å². The average molecular weight is 1230 g/mol. The van der Waals surface area contributed by atoms with E-state index >= 15 is 52.7 Å². The summed E-state index contributed by atoms with van der Waals surface area (Å²) in [5, 5.41) is -14.9. The van der Waals surface area contributed by atoms with Crippen molar-refractivity contribution >= 4 is 66.7 Å². The fourth-order valence-electron chi connectivity index (χ4n) is 8.48. The zero-order valence-electron chi connectivity index (χ0n) is 35.9. The monoisotopic (exact) mass is 1230 g/mol. The van der Waals surface area contributed by atoms with Gasteiger partial charge >= 0.3 is 95.3 Å². The average Bonchev–Trinajstić information content (AvgIpc) is 3.29. The van der Waals surface area contributed by atoms with Crippen molar-refractivity contribution in [2.45, 2.75) is 95.3 Å². The molecular formula is C40H8F34N2O4. The minimum atomic E-state index is -9.36. The minimum Gasteiger partial charge on any atom is -0.288 e. The highest BCUT2D eigenvalue weighted by atomic mass is 19.4. The molecule has 80 heavy (non-hydrogen) atoms. The SMILES string of the molecule is O=C1NC(=O)c2cc(C(F)(F)C(F)(F)C(F)(F)C(F)(F)C(F)(F)C(F)(F)C(F)(F)C(F)(F)F)c3c4ccc5c6c(cc(C(F)(F)C(F)(F)C(F)(F)C(F)(F)C(F)(F)C(F)(F)C(F)(F)C(F)(F)F)c(c7ccc1c2c73)c64)C(=O)NC5=O. The molecule has 2 heterocycles. The summed E-state index contributed by atoms with van der Waals surface area (Å²) >= 11 is 0. The summed E-state index contributed by atoms with van der Waals surface area (Å²) in [5.74, 6) is -134. The molecule has 0 bridgehead atoms. The summed E-state index contributed by atoms with van der Waals surface area (Å²) in [6.45, 7) is 0. The molecule has 4 amide bonds. The number of imide groups is 2. The van der Waals surface area contributed by atoms with Crippen LogP contribution >= 0.6 is 0 Å². The second kappa shape index (κ2) is 16.1. The molecule has 2 aliphatic heterocycles. The summed E-state index contributed by atoms with van der Waals surface area (Å²) in [6.07, 6.45) is -16.5. The van der Waals surface area contributed by atoms with Crippen LogP contribution in [0.1, 0.15) is 52.6 Å². The second-order valence-electron chi connectivity index (χ2n) is 17.1. The topological polar surface area (TPSA) is 92.3 Å². The summed E-state index contributed by atoms with van der Waals surface area (Å²) in [7, 11) is 0. The van der Waals surface area contributed by atoms with Crippen LogP contribution in [0.4, 0.5) is 149 Å². The Labute approximate surface area is 411 Å². The fraction of sp³-hybridized carbons (Fsp3) is 0.400. The van der Waals surface area contributed by atoms with Gasteiger partial charge in [-0.2, -0.15) is 149 Å². The van der Waals surface area contributed by atoms with E-state index in [-0.39, 0.29) is 24.3 Å². The van der Waals surface area contributed by atoms with Crippen LogP contribution in [0.25, 0.3) is 43.1 Å². The summed E-state index contributed by atoms with van der Waals surface area (Å²) in [5.41, 5.74) is -14.1. The first-order valence-corrected chi connectivity index (χ1v) is 19.7. The third kappa shape index (κ3) is 6.70. The summed E-state index contributed by atoms with van der Waals surface area (Å²) < 4.78 is 497. The molecule has 0 aliphatic carbocycles. The van der Waals surface area contributed by atoms with E-state index in [0.717, 1.165) is 10.6 Å². The van der Waals surface area contributed by atoms with Crippen LogP contribution in [0.3, 0.4) is 0 Å². The maximum Gasteiger partial charge on any atom is 0.460 e. The number of halogens is 34. The molecule has 0 unspecified atom stereocenters. The zero-order chi connectivity index (χ0) is 62.0. The number of alkyl halides is 34. The Kier molecular flexibility index (Phi) is 12.2. The first kappa shape index (κ1) is 60.9. The number of hydrogen-bond donors (Lipinski definition) is 2. The van der Waals surface area contributed by atoms with Crippen LogP contribution in [-0.2, 0) is 11.8 Å². The summed E-state index contributed by atoms with van der Waals surface area (Å²) in [4.78, 5) is 52.2. The standard InChI is InChI=1S/C40H8F34N2O4/c41-25(42,27(45,46)29(49,50)31(53,54)33(57,58)35(61,62)37(65,66)39(69,70)71)13-5-12-16-10(22(78)76-24(12)80)4-2-8-18-14(6-11-15-9(21(77)75-23(11)79)3-1-7(19(15)18)17(13)20(8)16)26(43,44)28(47,48)30(51,52)32(55,56)34(59,60)36(63,64)38(67,68)40(72,73)74/h1-6H,(H,75,77,79)(H,76,78,80). The van der Waals surface area contributed by atoms with Gasteiger partial charge < -0.3 is 0 Å². The Bertz CT molecular complexity index is 3310. The van der Waals surface area contributed by atoms with Gasteiger partial charge in [0.2, 0.25) is 0 Å². The van der Waals surface area contributed by atoms with Gasteiger partial charge in [-0.3, -0.25) is 29.8 Å². The van der Waals surface area contributed by atoms with Crippen LogP contribution in [0.15, 0.2) is 36.4 Å². The quantitative estimate of drug-likeness (QED) is 0.0501. The molecule has 0 saturated carbocycles. The van der Waals surface area contributed by atoms with Crippen LogP contribution in [0.5, 0.6) is 0 Å². The van der Waals surface area contributed by atoms with E-state index in [1.54, 1.807) is 0 Å². The molecule has 0 fully saturated rings. The number of carbonyl (C=O) groups excluding carboxylic acids is 4. The van der Waals surface area contributed by atoms with E-state index in [2.05, 4.69) is 0 Å². The molecule has 0 radical (unpaired) electrons. The highest BCUT2D eigenvalue weighted by Gasteiger charge is 2.97. The number of rotatable bonds is 14. The number of benzene rings is 5. The van der Waals surface area contributed by atoms with E-state index in [0.29, 0.717) is 0 Å². The lowest BCUT2D eigenvalue weighted by Gasteiger charge is -2.43. The van der Waals surface area contributed by atoms with Gasteiger partial charge in [-0.15, -0.1) is 0 Å². The Morgan fingerprint density at radius 1 is 0.237 bits per heavy atom. The van der Waals surface area contributed by atoms with Gasteiger partial charge in [-0.25, -0.2) is 0 Å².